The summed E-state index contributed by atoms with van der Waals surface area (Å²) < 4.78 is 2.00. The van der Waals surface area contributed by atoms with Crippen LogP contribution in [0.2, 0.25) is 0 Å². The SMILES string of the molecule is CCn1cc(C2CC(C)NC2C)cn1. The molecular weight excluding hydrogens is 174 g/mol. The fourth-order valence-corrected chi connectivity index (χ4v) is 2.39. The standard InChI is InChI=1S/C11H19N3/c1-4-14-7-10(6-12-14)11-5-8(2)13-9(11)3/h6-9,11,13H,4-5H2,1-3H3. The van der Waals surface area contributed by atoms with Crippen LogP contribution >= 0.6 is 0 Å². The number of aryl methyl sites for hydroxylation is 1. The first-order valence-corrected chi connectivity index (χ1v) is 5.49. The minimum absolute atomic E-state index is 0.583. The van der Waals surface area contributed by atoms with Crippen LogP contribution in [0.1, 0.15) is 38.7 Å². The van der Waals surface area contributed by atoms with Gasteiger partial charge < -0.3 is 5.32 Å². The second-order valence-electron chi connectivity index (χ2n) is 4.33. The number of rotatable bonds is 2. The van der Waals surface area contributed by atoms with E-state index in [1.54, 1.807) is 0 Å². The van der Waals surface area contributed by atoms with E-state index in [2.05, 4.69) is 37.4 Å². The maximum Gasteiger partial charge on any atom is 0.0525 e. The van der Waals surface area contributed by atoms with Crippen molar-refractivity contribution in [2.75, 3.05) is 0 Å². The molecule has 2 rings (SSSR count). The molecule has 1 aliphatic heterocycles. The summed E-state index contributed by atoms with van der Waals surface area (Å²) in [5.74, 6) is 0.644. The van der Waals surface area contributed by atoms with Crippen molar-refractivity contribution in [3.05, 3.63) is 18.0 Å². The highest BCUT2D eigenvalue weighted by Gasteiger charge is 2.29. The second-order valence-corrected chi connectivity index (χ2v) is 4.33. The number of hydrogen-bond donors (Lipinski definition) is 1. The molecule has 0 aromatic carbocycles. The Morgan fingerprint density at radius 1 is 1.57 bits per heavy atom. The quantitative estimate of drug-likeness (QED) is 0.775. The summed E-state index contributed by atoms with van der Waals surface area (Å²) in [7, 11) is 0. The molecule has 3 unspecified atom stereocenters. The van der Waals surface area contributed by atoms with Crippen LogP contribution in [0.4, 0.5) is 0 Å². The van der Waals surface area contributed by atoms with Crippen LogP contribution in [0.25, 0.3) is 0 Å². The molecule has 1 aliphatic rings. The van der Waals surface area contributed by atoms with E-state index in [-0.39, 0.29) is 0 Å². The van der Waals surface area contributed by atoms with Crippen molar-refractivity contribution in [1.82, 2.24) is 15.1 Å². The van der Waals surface area contributed by atoms with Gasteiger partial charge in [0.1, 0.15) is 0 Å². The Kier molecular flexibility index (Phi) is 2.59. The van der Waals surface area contributed by atoms with Gasteiger partial charge in [-0.3, -0.25) is 4.68 Å². The minimum Gasteiger partial charge on any atom is -0.311 e. The van der Waals surface area contributed by atoms with Crippen molar-refractivity contribution in [3.8, 4) is 0 Å². The second kappa shape index (κ2) is 3.73. The molecule has 1 aromatic rings. The van der Waals surface area contributed by atoms with Crippen molar-refractivity contribution in [2.45, 2.75) is 51.7 Å². The minimum atomic E-state index is 0.583. The Balaban J connectivity index is 2.14. The molecule has 1 aromatic heterocycles. The van der Waals surface area contributed by atoms with Crippen LogP contribution in [-0.4, -0.2) is 21.9 Å². The van der Waals surface area contributed by atoms with E-state index >= 15 is 0 Å². The number of nitrogens with zero attached hydrogens (tertiary/aromatic N) is 2. The first-order chi connectivity index (χ1) is 6.70. The molecule has 0 aliphatic carbocycles. The fourth-order valence-electron chi connectivity index (χ4n) is 2.39. The van der Waals surface area contributed by atoms with Crippen LogP contribution in [0.15, 0.2) is 12.4 Å². The summed E-state index contributed by atoms with van der Waals surface area (Å²) in [6.45, 7) is 7.60. The van der Waals surface area contributed by atoms with Crippen LogP contribution in [0, 0.1) is 0 Å². The van der Waals surface area contributed by atoms with E-state index in [0.717, 1.165) is 6.54 Å². The van der Waals surface area contributed by atoms with Crippen molar-refractivity contribution < 1.29 is 0 Å². The highest BCUT2D eigenvalue weighted by molar-refractivity contribution is 5.16. The van der Waals surface area contributed by atoms with Gasteiger partial charge in [-0.05, 0) is 32.8 Å². The van der Waals surface area contributed by atoms with E-state index in [1.165, 1.54) is 12.0 Å². The van der Waals surface area contributed by atoms with E-state index in [4.69, 9.17) is 0 Å². The van der Waals surface area contributed by atoms with E-state index in [0.29, 0.717) is 18.0 Å². The van der Waals surface area contributed by atoms with Gasteiger partial charge in [0.25, 0.3) is 0 Å². The predicted molar refractivity (Wildman–Crippen MR) is 57.3 cm³/mol. The summed E-state index contributed by atoms with van der Waals surface area (Å²) in [4.78, 5) is 0. The number of hydrogen-bond acceptors (Lipinski definition) is 2. The van der Waals surface area contributed by atoms with Crippen LogP contribution in [-0.2, 0) is 6.54 Å². The van der Waals surface area contributed by atoms with Crippen LogP contribution < -0.4 is 5.32 Å². The van der Waals surface area contributed by atoms with Gasteiger partial charge in [-0.1, -0.05) is 0 Å². The molecule has 0 radical (unpaired) electrons. The van der Waals surface area contributed by atoms with Gasteiger partial charge in [0.05, 0.1) is 6.20 Å². The predicted octanol–water partition coefficient (Wildman–Crippen LogP) is 1.76. The zero-order valence-electron chi connectivity index (χ0n) is 9.20. The number of nitrogens with one attached hydrogen (secondary N) is 1. The van der Waals surface area contributed by atoms with Gasteiger partial charge in [-0.25, -0.2) is 0 Å². The Bertz CT molecular complexity index is 305. The average molecular weight is 193 g/mol. The molecule has 14 heavy (non-hydrogen) atoms. The van der Waals surface area contributed by atoms with E-state index in [9.17, 15) is 0 Å². The third-order valence-corrected chi connectivity index (χ3v) is 3.16. The lowest BCUT2D eigenvalue weighted by Crippen LogP contribution is -2.26. The lowest BCUT2D eigenvalue weighted by atomic mass is 9.94. The zero-order chi connectivity index (χ0) is 10.1. The summed E-state index contributed by atoms with van der Waals surface area (Å²) in [6.07, 6.45) is 5.43. The highest BCUT2D eigenvalue weighted by atomic mass is 15.3. The fraction of sp³-hybridized carbons (Fsp3) is 0.727. The molecule has 1 N–H and O–H groups in total. The highest BCUT2D eigenvalue weighted by Crippen LogP contribution is 2.30. The van der Waals surface area contributed by atoms with Gasteiger partial charge in [-0.2, -0.15) is 5.10 Å². The van der Waals surface area contributed by atoms with E-state index < -0.39 is 0 Å². The normalized spacial score (nSPS) is 32.4. The molecule has 78 valence electrons. The topological polar surface area (TPSA) is 29.9 Å². The largest absolute Gasteiger partial charge is 0.311 e. The third-order valence-electron chi connectivity index (χ3n) is 3.16. The molecule has 2 heterocycles. The molecule has 0 bridgehead atoms. The van der Waals surface area contributed by atoms with Gasteiger partial charge in [0.15, 0.2) is 0 Å². The Morgan fingerprint density at radius 2 is 2.36 bits per heavy atom. The average Bonchev–Trinajstić information content (AvgIpc) is 2.71. The smallest absolute Gasteiger partial charge is 0.0525 e. The molecular formula is C11H19N3. The summed E-state index contributed by atoms with van der Waals surface area (Å²) in [5.41, 5.74) is 1.39. The molecule has 0 spiro atoms. The van der Waals surface area contributed by atoms with E-state index in [1.807, 2.05) is 10.9 Å². The maximum atomic E-state index is 4.33. The third kappa shape index (κ3) is 1.69. The molecule has 0 amide bonds. The summed E-state index contributed by atoms with van der Waals surface area (Å²) in [5, 5.41) is 7.88. The Labute approximate surface area is 85.5 Å². The maximum absolute atomic E-state index is 4.33. The Hall–Kier alpha value is -0.830. The molecule has 1 fully saturated rings. The molecule has 3 heteroatoms. The lowest BCUT2D eigenvalue weighted by molar-refractivity contribution is 0.574. The summed E-state index contributed by atoms with van der Waals surface area (Å²) in [6, 6.07) is 1.22. The summed E-state index contributed by atoms with van der Waals surface area (Å²) >= 11 is 0. The van der Waals surface area contributed by atoms with Gasteiger partial charge in [-0.15, -0.1) is 0 Å². The van der Waals surface area contributed by atoms with Crippen molar-refractivity contribution in [3.63, 3.8) is 0 Å². The first kappa shape index (κ1) is 9.71. The zero-order valence-corrected chi connectivity index (χ0v) is 9.20. The first-order valence-electron chi connectivity index (χ1n) is 5.49. The van der Waals surface area contributed by atoms with Gasteiger partial charge in [0, 0.05) is 30.7 Å². The molecule has 3 atom stereocenters. The Morgan fingerprint density at radius 3 is 2.86 bits per heavy atom. The molecule has 1 saturated heterocycles. The van der Waals surface area contributed by atoms with Crippen LogP contribution in [0.3, 0.4) is 0 Å². The number of aromatic nitrogens is 2. The van der Waals surface area contributed by atoms with Gasteiger partial charge >= 0.3 is 0 Å². The van der Waals surface area contributed by atoms with Crippen LogP contribution in [0.5, 0.6) is 0 Å². The van der Waals surface area contributed by atoms with Crippen molar-refractivity contribution >= 4 is 0 Å². The van der Waals surface area contributed by atoms with Crippen molar-refractivity contribution in [1.29, 1.82) is 0 Å². The van der Waals surface area contributed by atoms with Gasteiger partial charge in [0.2, 0.25) is 0 Å². The van der Waals surface area contributed by atoms with Crippen molar-refractivity contribution in [2.24, 2.45) is 0 Å². The molecule has 0 saturated carbocycles. The monoisotopic (exact) mass is 193 g/mol. The lowest BCUT2D eigenvalue weighted by Gasteiger charge is -2.12. The molecule has 3 nitrogen and oxygen atoms in total.